The van der Waals surface area contributed by atoms with Gasteiger partial charge in [-0.25, -0.2) is 9.18 Å². The number of ether oxygens (including phenoxy) is 1. The van der Waals surface area contributed by atoms with Crippen LogP contribution in [-0.2, 0) is 9.53 Å². The van der Waals surface area contributed by atoms with E-state index in [1.54, 1.807) is 12.1 Å². The van der Waals surface area contributed by atoms with Crippen LogP contribution >= 0.6 is 0 Å². The molecule has 1 aliphatic heterocycles. The molecule has 1 heterocycles. The minimum absolute atomic E-state index is 0.101. The van der Waals surface area contributed by atoms with E-state index in [1.807, 2.05) is 4.90 Å². The van der Waals surface area contributed by atoms with Crippen molar-refractivity contribution in [2.75, 3.05) is 43.1 Å². The number of benzene rings is 1. The lowest BCUT2D eigenvalue weighted by atomic mass is 10.2. The fourth-order valence-electron chi connectivity index (χ4n) is 2.49. The highest BCUT2D eigenvalue weighted by Gasteiger charge is 2.23. The van der Waals surface area contributed by atoms with Crippen LogP contribution in [0.3, 0.4) is 0 Å². The second-order valence-corrected chi connectivity index (χ2v) is 5.92. The number of carbonyl (C=O) groups is 2. The predicted molar refractivity (Wildman–Crippen MR) is 87.6 cm³/mol. The molecule has 8 heteroatoms. The van der Waals surface area contributed by atoms with Crippen LogP contribution < -0.4 is 20.9 Å². The van der Waals surface area contributed by atoms with Crippen LogP contribution in [0.2, 0.25) is 0 Å². The van der Waals surface area contributed by atoms with E-state index in [0.717, 1.165) is 12.8 Å². The number of morpholine rings is 1. The van der Waals surface area contributed by atoms with Gasteiger partial charge in [-0.15, -0.1) is 0 Å². The third-order valence-electron chi connectivity index (χ3n) is 3.91. The predicted octanol–water partition coefficient (Wildman–Crippen LogP) is 1.06. The second-order valence-electron chi connectivity index (χ2n) is 5.92. The SMILES string of the molecule is O=C(CNC(=O)Nc1ccc(N2CCOCC2)c(F)c1)NC1CC1. The Labute approximate surface area is 139 Å². The zero-order valence-corrected chi connectivity index (χ0v) is 13.3. The molecule has 7 nitrogen and oxygen atoms in total. The van der Waals surface area contributed by atoms with Crippen molar-refractivity contribution in [3.8, 4) is 0 Å². The maximum absolute atomic E-state index is 14.2. The normalized spacial score (nSPS) is 17.3. The number of hydrogen-bond acceptors (Lipinski definition) is 4. The Morgan fingerprint density at radius 2 is 2.00 bits per heavy atom. The van der Waals surface area contributed by atoms with Gasteiger partial charge in [0, 0.05) is 24.8 Å². The van der Waals surface area contributed by atoms with Crippen molar-refractivity contribution >= 4 is 23.3 Å². The molecule has 1 saturated heterocycles. The van der Waals surface area contributed by atoms with Gasteiger partial charge in [0.1, 0.15) is 5.82 Å². The Bertz CT molecular complexity index is 615. The van der Waals surface area contributed by atoms with Gasteiger partial charge < -0.3 is 25.6 Å². The average molecular weight is 336 g/mol. The fourth-order valence-corrected chi connectivity index (χ4v) is 2.49. The molecule has 0 bridgehead atoms. The average Bonchev–Trinajstić information content (AvgIpc) is 3.38. The molecule has 0 radical (unpaired) electrons. The van der Waals surface area contributed by atoms with E-state index in [9.17, 15) is 14.0 Å². The van der Waals surface area contributed by atoms with Gasteiger partial charge in [-0.3, -0.25) is 4.79 Å². The van der Waals surface area contributed by atoms with Crippen molar-refractivity contribution in [2.45, 2.75) is 18.9 Å². The molecule has 0 unspecified atom stereocenters. The summed E-state index contributed by atoms with van der Waals surface area (Å²) in [4.78, 5) is 25.2. The van der Waals surface area contributed by atoms with E-state index in [1.165, 1.54) is 6.07 Å². The Balaban J connectivity index is 1.49. The largest absolute Gasteiger partial charge is 0.378 e. The number of amides is 3. The number of urea groups is 1. The summed E-state index contributed by atoms with van der Waals surface area (Å²) >= 11 is 0. The first-order valence-corrected chi connectivity index (χ1v) is 8.08. The highest BCUT2D eigenvalue weighted by atomic mass is 19.1. The number of nitrogens with zero attached hydrogens (tertiary/aromatic N) is 1. The zero-order valence-electron chi connectivity index (χ0n) is 13.3. The number of halogens is 1. The minimum Gasteiger partial charge on any atom is -0.378 e. The van der Waals surface area contributed by atoms with E-state index >= 15 is 0 Å². The summed E-state index contributed by atoms with van der Waals surface area (Å²) in [6.07, 6.45) is 1.99. The number of rotatable bonds is 5. The number of nitrogens with one attached hydrogen (secondary N) is 3. The molecule has 0 atom stereocenters. The van der Waals surface area contributed by atoms with Gasteiger partial charge in [0.15, 0.2) is 0 Å². The molecule has 3 rings (SSSR count). The van der Waals surface area contributed by atoms with Crippen molar-refractivity contribution in [3.05, 3.63) is 24.0 Å². The minimum atomic E-state index is -0.542. The molecule has 1 aromatic carbocycles. The molecule has 3 amide bonds. The van der Waals surface area contributed by atoms with Crippen LogP contribution in [0.5, 0.6) is 0 Å². The van der Waals surface area contributed by atoms with Gasteiger partial charge in [-0.2, -0.15) is 0 Å². The van der Waals surface area contributed by atoms with Gasteiger partial charge in [0.05, 0.1) is 25.4 Å². The maximum Gasteiger partial charge on any atom is 0.319 e. The Morgan fingerprint density at radius 3 is 2.67 bits per heavy atom. The van der Waals surface area contributed by atoms with Gasteiger partial charge >= 0.3 is 6.03 Å². The first-order chi connectivity index (χ1) is 11.6. The van der Waals surface area contributed by atoms with E-state index in [4.69, 9.17) is 4.74 Å². The van der Waals surface area contributed by atoms with Crippen molar-refractivity contribution < 1.29 is 18.7 Å². The second kappa shape index (κ2) is 7.48. The lowest BCUT2D eigenvalue weighted by molar-refractivity contribution is -0.120. The molecular formula is C16H21FN4O3. The van der Waals surface area contributed by atoms with Crippen molar-refractivity contribution in [3.63, 3.8) is 0 Å². The monoisotopic (exact) mass is 336 g/mol. The van der Waals surface area contributed by atoms with Crippen molar-refractivity contribution in [2.24, 2.45) is 0 Å². The molecular weight excluding hydrogens is 315 g/mol. The zero-order chi connectivity index (χ0) is 16.9. The quantitative estimate of drug-likeness (QED) is 0.751. The molecule has 24 heavy (non-hydrogen) atoms. The maximum atomic E-state index is 14.2. The van der Waals surface area contributed by atoms with Gasteiger partial charge in [-0.1, -0.05) is 0 Å². The third kappa shape index (κ3) is 4.58. The summed E-state index contributed by atoms with van der Waals surface area (Å²) in [6.45, 7) is 2.33. The molecule has 3 N–H and O–H groups in total. The summed E-state index contributed by atoms with van der Waals surface area (Å²) in [5.41, 5.74) is 0.831. The molecule has 1 saturated carbocycles. The van der Waals surface area contributed by atoms with Crippen LogP contribution in [0.4, 0.5) is 20.6 Å². The summed E-state index contributed by atoms with van der Waals surface area (Å²) in [6, 6.07) is 4.26. The topological polar surface area (TPSA) is 82.7 Å². The lowest BCUT2D eigenvalue weighted by Crippen LogP contribution is -2.39. The number of carbonyl (C=O) groups excluding carboxylic acids is 2. The Morgan fingerprint density at radius 1 is 1.25 bits per heavy atom. The summed E-state index contributed by atoms with van der Waals surface area (Å²) in [7, 11) is 0. The summed E-state index contributed by atoms with van der Waals surface area (Å²) in [5.74, 6) is -0.623. The number of hydrogen-bond donors (Lipinski definition) is 3. The Kier molecular flexibility index (Phi) is 5.14. The molecule has 1 aromatic rings. The molecule has 0 aromatic heterocycles. The van der Waals surface area contributed by atoms with Crippen LogP contribution in [0.25, 0.3) is 0 Å². The van der Waals surface area contributed by atoms with Crippen LogP contribution in [-0.4, -0.2) is 50.8 Å². The molecule has 0 spiro atoms. The van der Waals surface area contributed by atoms with E-state index in [0.29, 0.717) is 37.7 Å². The number of anilines is 2. The summed E-state index contributed by atoms with van der Waals surface area (Å²) in [5, 5.41) is 7.74. The first kappa shape index (κ1) is 16.5. The Hall–Kier alpha value is -2.35. The van der Waals surface area contributed by atoms with Crippen molar-refractivity contribution in [1.82, 2.24) is 10.6 Å². The molecule has 1 aliphatic carbocycles. The van der Waals surface area contributed by atoms with E-state index in [-0.39, 0.29) is 18.5 Å². The molecule has 2 fully saturated rings. The fraction of sp³-hybridized carbons (Fsp3) is 0.500. The first-order valence-electron chi connectivity index (χ1n) is 8.08. The van der Waals surface area contributed by atoms with Crippen LogP contribution in [0, 0.1) is 5.82 Å². The van der Waals surface area contributed by atoms with Crippen molar-refractivity contribution in [1.29, 1.82) is 0 Å². The standard InChI is InChI=1S/C16H21FN4O3/c17-13-9-12(3-4-14(13)21-5-7-24-8-6-21)20-16(23)18-10-15(22)19-11-1-2-11/h3-4,9,11H,1-2,5-8,10H2,(H,19,22)(H2,18,20,23). The van der Waals surface area contributed by atoms with Crippen LogP contribution in [0.1, 0.15) is 12.8 Å². The summed E-state index contributed by atoms with van der Waals surface area (Å²) < 4.78 is 19.5. The van der Waals surface area contributed by atoms with Gasteiger partial charge in [0.2, 0.25) is 5.91 Å². The van der Waals surface area contributed by atoms with E-state index < -0.39 is 11.8 Å². The molecule has 130 valence electrons. The smallest absolute Gasteiger partial charge is 0.319 e. The van der Waals surface area contributed by atoms with Gasteiger partial charge in [-0.05, 0) is 31.0 Å². The van der Waals surface area contributed by atoms with E-state index in [2.05, 4.69) is 16.0 Å². The van der Waals surface area contributed by atoms with Crippen LogP contribution in [0.15, 0.2) is 18.2 Å². The molecule has 2 aliphatic rings. The van der Waals surface area contributed by atoms with Gasteiger partial charge in [0.25, 0.3) is 0 Å². The highest BCUT2D eigenvalue weighted by Crippen LogP contribution is 2.23. The lowest BCUT2D eigenvalue weighted by Gasteiger charge is -2.29. The highest BCUT2D eigenvalue weighted by molar-refractivity contribution is 5.92. The third-order valence-corrected chi connectivity index (χ3v) is 3.91.